The van der Waals surface area contributed by atoms with Crippen molar-refractivity contribution in [2.75, 3.05) is 25.0 Å². The van der Waals surface area contributed by atoms with Crippen LogP contribution in [-0.2, 0) is 23.6 Å². The van der Waals surface area contributed by atoms with Crippen molar-refractivity contribution in [2.45, 2.75) is 43.9 Å². The van der Waals surface area contributed by atoms with Crippen LogP contribution in [0.1, 0.15) is 40.3 Å². The highest BCUT2D eigenvalue weighted by Gasteiger charge is 2.63. The van der Waals surface area contributed by atoms with Gasteiger partial charge < -0.3 is 24.5 Å². The van der Waals surface area contributed by atoms with Gasteiger partial charge in [0, 0.05) is 31.5 Å². The van der Waals surface area contributed by atoms with Gasteiger partial charge in [-0.2, -0.15) is 13.2 Å². The number of carbonyl (C=O) groups is 1. The summed E-state index contributed by atoms with van der Waals surface area (Å²) in [4.78, 5) is 22.6. The van der Waals surface area contributed by atoms with Crippen LogP contribution in [0.15, 0.2) is 60.8 Å². The second-order valence-electron chi connectivity index (χ2n) is 11.1. The minimum absolute atomic E-state index is 0.0503. The van der Waals surface area contributed by atoms with E-state index in [4.69, 9.17) is 26.1 Å². The van der Waals surface area contributed by atoms with Gasteiger partial charge in [-0.15, -0.1) is 0 Å². The second kappa shape index (κ2) is 10.8. The van der Waals surface area contributed by atoms with E-state index in [9.17, 15) is 23.1 Å². The SMILES string of the molecule is O=C(O)c1ccc2nc(CN3CC=C(c4cccc5c4NC(c4ccc(Cl)cn4)(C(F)(F)F)O5)CC3)n(C[C@@H]3CCO3)c2c1. The van der Waals surface area contributed by atoms with Gasteiger partial charge in [0.2, 0.25) is 0 Å². The number of hydrogen-bond acceptors (Lipinski definition) is 7. The quantitative estimate of drug-likeness (QED) is 0.255. The van der Waals surface area contributed by atoms with Gasteiger partial charge in [-0.3, -0.25) is 9.88 Å². The van der Waals surface area contributed by atoms with Crippen LogP contribution in [-0.4, -0.2) is 62.5 Å². The number of halogens is 4. The van der Waals surface area contributed by atoms with Crippen molar-refractivity contribution < 1.29 is 32.5 Å². The van der Waals surface area contributed by atoms with Crippen molar-refractivity contribution in [1.82, 2.24) is 19.4 Å². The monoisotopic (exact) mass is 625 g/mol. The zero-order chi connectivity index (χ0) is 30.6. The summed E-state index contributed by atoms with van der Waals surface area (Å²) in [7, 11) is 0. The third-order valence-corrected chi connectivity index (χ3v) is 8.56. The summed E-state index contributed by atoms with van der Waals surface area (Å²) in [6.07, 6.45) is -0.0742. The van der Waals surface area contributed by atoms with Gasteiger partial charge in [0.1, 0.15) is 17.3 Å². The number of aromatic carboxylic acids is 1. The normalized spacial score (nSPS) is 21.7. The molecule has 1 saturated heterocycles. The van der Waals surface area contributed by atoms with Gasteiger partial charge in [0.05, 0.1) is 46.5 Å². The van der Waals surface area contributed by atoms with E-state index in [1.165, 1.54) is 18.2 Å². The van der Waals surface area contributed by atoms with E-state index < -0.39 is 17.9 Å². The van der Waals surface area contributed by atoms with Gasteiger partial charge in [-0.05, 0) is 54.8 Å². The molecule has 5 heterocycles. The van der Waals surface area contributed by atoms with E-state index in [1.807, 2.05) is 10.6 Å². The van der Waals surface area contributed by atoms with Crippen LogP contribution in [0.4, 0.5) is 18.9 Å². The molecule has 44 heavy (non-hydrogen) atoms. The summed E-state index contributed by atoms with van der Waals surface area (Å²) in [5, 5.41) is 12.4. The summed E-state index contributed by atoms with van der Waals surface area (Å²) in [5.74, 6) is -0.109. The Balaban J connectivity index is 1.14. The van der Waals surface area contributed by atoms with Crippen molar-refractivity contribution in [3.05, 3.63) is 88.5 Å². The molecule has 2 aromatic heterocycles. The predicted octanol–water partition coefficient (Wildman–Crippen LogP) is 6.08. The van der Waals surface area contributed by atoms with Crippen molar-refractivity contribution in [2.24, 2.45) is 0 Å². The van der Waals surface area contributed by atoms with Crippen molar-refractivity contribution in [3.63, 3.8) is 0 Å². The summed E-state index contributed by atoms with van der Waals surface area (Å²) in [6, 6.07) is 12.5. The standard InChI is InChI=1S/C31H27ClF3N5O4/c32-20-5-7-26(36-15-20)30(31(33,34)35)38-28-22(2-1-3-25(28)44-30)18-8-11-39(12-9-18)17-27-37-23-6-4-19(29(41)42)14-24(23)40(27)16-21-10-13-43-21/h1-8,14-15,21,38H,9-13,16-17H2,(H,41,42)/t21-,30?/m0/s1. The largest absolute Gasteiger partial charge is 0.478 e. The lowest BCUT2D eigenvalue weighted by Gasteiger charge is -2.31. The minimum atomic E-state index is -4.82. The number of pyridine rings is 1. The molecule has 4 aromatic rings. The second-order valence-corrected chi connectivity index (χ2v) is 11.5. The summed E-state index contributed by atoms with van der Waals surface area (Å²) < 4.78 is 56.9. The molecular weight excluding hydrogens is 599 g/mol. The highest BCUT2D eigenvalue weighted by molar-refractivity contribution is 6.30. The minimum Gasteiger partial charge on any atom is -0.478 e. The number of fused-ring (bicyclic) bond motifs is 2. The number of carboxylic acids is 1. The highest BCUT2D eigenvalue weighted by Crippen LogP contribution is 2.52. The average Bonchev–Trinajstić information content (AvgIpc) is 3.54. The Morgan fingerprint density at radius 1 is 1.20 bits per heavy atom. The maximum absolute atomic E-state index is 14.5. The summed E-state index contributed by atoms with van der Waals surface area (Å²) >= 11 is 5.89. The average molecular weight is 626 g/mol. The number of benzene rings is 2. The zero-order valence-corrected chi connectivity index (χ0v) is 24.0. The van der Waals surface area contributed by atoms with Crippen LogP contribution >= 0.6 is 11.6 Å². The third kappa shape index (κ3) is 4.96. The first-order valence-electron chi connectivity index (χ1n) is 14.2. The number of carboxylic acid groups (broad SMARTS) is 1. The molecule has 0 saturated carbocycles. The lowest BCUT2D eigenvalue weighted by molar-refractivity contribution is -0.239. The molecule has 0 bridgehead atoms. The molecule has 2 aromatic carbocycles. The molecule has 7 rings (SSSR count). The molecule has 0 aliphatic carbocycles. The Morgan fingerprint density at radius 3 is 2.70 bits per heavy atom. The van der Waals surface area contributed by atoms with Gasteiger partial charge in [-0.1, -0.05) is 29.8 Å². The fraction of sp³-hybridized carbons (Fsp3) is 0.323. The molecular formula is C31H27ClF3N5O4. The number of imidazole rings is 1. The third-order valence-electron chi connectivity index (χ3n) is 8.34. The molecule has 228 valence electrons. The van der Waals surface area contributed by atoms with Gasteiger partial charge >= 0.3 is 17.9 Å². The van der Waals surface area contributed by atoms with Crippen LogP contribution in [0.2, 0.25) is 5.02 Å². The molecule has 2 atom stereocenters. The molecule has 0 amide bonds. The van der Waals surface area contributed by atoms with Crippen LogP contribution < -0.4 is 10.1 Å². The molecule has 13 heteroatoms. The zero-order valence-electron chi connectivity index (χ0n) is 23.3. The first-order chi connectivity index (χ1) is 21.1. The van der Waals surface area contributed by atoms with Crippen molar-refractivity contribution >= 4 is 39.9 Å². The molecule has 0 radical (unpaired) electrons. The van der Waals surface area contributed by atoms with Crippen molar-refractivity contribution in [1.29, 1.82) is 0 Å². The van der Waals surface area contributed by atoms with E-state index in [-0.39, 0.29) is 33.8 Å². The smallest absolute Gasteiger partial charge is 0.455 e. The van der Waals surface area contributed by atoms with E-state index in [2.05, 4.69) is 15.2 Å². The molecule has 9 nitrogen and oxygen atoms in total. The lowest BCUT2D eigenvalue weighted by Crippen LogP contribution is -2.51. The number of ether oxygens (including phenoxy) is 2. The number of rotatable bonds is 7. The molecule has 3 aliphatic rings. The first kappa shape index (κ1) is 28.6. The van der Waals surface area contributed by atoms with E-state index in [1.54, 1.807) is 30.3 Å². The maximum atomic E-state index is 14.5. The molecule has 3 aliphatic heterocycles. The van der Waals surface area contributed by atoms with E-state index in [0.29, 0.717) is 50.3 Å². The molecule has 2 N–H and O–H groups in total. The maximum Gasteiger partial charge on any atom is 0.455 e. The summed E-state index contributed by atoms with van der Waals surface area (Å²) in [5.41, 5.74) is 0.269. The molecule has 1 unspecified atom stereocenters. The van der Waals surface area contributed by atoms with Gasteiger partial charge in [0.15, 0.2) is 0 Å². The summed E-state index contributed by atoms with van der Waals surface area (Å²) in [6.45, 7) is 2.99. The highest BCUT2D eigenvalue weighted by atomic mass is 35.5. The molecule has 0 spiro atoms. The Kier molecular flexibility index (Phi) is 7.02. The van der Waals surface area contributed by atoms with E-state index >= 15 is 0 Å². The van der Waals surface area contributed by atoms with Crippen LogP contribution in [0.25, 0.3) is 16.6 Å². The van der Waals surface area contributed by atoms with Gasteiger partial charge in [0.25, 0.3) is 0 Å². The number of anilines is 1. The fourth-order valence-corrected chi connectivity index (χ4v) is 6.03. The number of hydrogen-bond donors (Lipinski definition) is 2. The Labute approximate surface area is 254 Å². The molecule has 1 fully saturated rings. The predicted molar refractivity (Wildman–Crippen MR) is 157 cm³/mol. The number of nitrogens with zero attached hydrogens (tertiary/aromatic N) is 4. The number of aromatic nitrogens is 3. The van der Waals surface area contributed by atoms with Crippen LogP contribution in [0, 0.1) is 0 Å². The number of alkyl halides is 3. The fourth-order valence-electron chi connectivity index (χ4n) is 5.92. The van der Waals surface area contributed by atoms with Crippen LogP contribution in [0.5, 0.6) is 5.75 Å². The van der Waals surface area contributed by atoms with E-state index in [0.717, 1.165) is 29.5 Å². The first-order valence-corrected chi connectivity index (χ1v) is 14.5. The Bertz CT molecular complexity index is 1790. The van der Waals surface area contributed by atoms with Gasteiger partial charge in [-0.25, -0.2) is 9.78 Å². The Morgan fingerprint density at radius 2 is 2.05 bits per heavy atom. The lowest BCUT2D eigenvalue weighted by atomic mass is 9.97. The number of nitrogens with one attached hydrogen (secondary N) is 1. The number of para-hydroxylation sites is 1. The van der Waals surface area contributed by atoms with Crippen molar-refractivity contribution in [3.8, 4) is 5.75 Å². The van der Waals surface area contributed by atoms with Crippen LogP contribution in [0.3, 0.4) is 0 Å². The topological polar surface area (TPSA) is 102 Å². The Hall–Kier alpha value is -4.13.